The average Bonchev–Trinajstić information content (AvgIpc) is 2.91. The van der Waals surface area contributed by atoms with Crippen LogP contribution in [0.25, 0.3) is 0 Å². The van der Waals surface area contributed by atoms with Gasteiger partial charge < -0.3 is 0 Å². The van der Waals surface area contributed by atoms with Crippen LogP contribution in [0.4, 0.5) is 0 Å². The second-order valence-corrected chi connectivity index (χ2v) is 6.85. The first-order chi connectivity index (χ1) is 8.83. The molecule has 2 aliphatic rings. The minimum absolute atomic E-state index is 0.702. The molecule has 0 spiro atoms. The van der Waals surface area contributed by atoms with E-state index in [4.69, 9.17) is 0 Å². The standard InChI is InChI=1S/C15H24N2S/c1-13(11-15-6-4-10-18-15)17-9-8-16-7-3-2-5-14(16)12-17/h4,6,10,13-14H,2-3,5,7-9,11-12H2,1H3. The first kappa shape index (κ1) is 12.6. The lowest BCUT2D eigenvalue weighted by Gasteiger charge is -2.46. The first-order valence-corrected chi connectivity index (χ1v) is 8.21. The Kier molecular flexibility index (Phi) is 4.02. The Morgan fingerprint density at radius 3 is 3.11 bits per heavy atom. The zero-order valence-corrected chi connectivity index (χ0v) is 12.2. The summed E-state index contributed by atoms with van der Waals surface area (Å²) in [4.78, 5) is 6.97. The molecule has 2 unspecified atom stereocenters. The van der Waals surface area contributed by atoms with Crippen molar-refractivity contribution in [2.45, 2.75) is 44.7 Å². The molecule has 2 atom stereocenters. The van der Waals surface area contributed by atoms with Gasteiger partial charge >= 0.3 is 0 Å². The molecule has 3 heteroatoms. The predicted octanol–water partition coefficient (Wildman–Crippen LogP) is 2.85. The minimum Gasteiger partial charge on any atom is -0.298 e. The summed E-state index contributed by atoms with van der Waals surface area (Å²) in [5.74, 6) is 0. The molecule has 0 aromatic carbocycles. The van der Waals surface area contributed by atoms with E-state index in [0.29, 0.717) is 6.04 Å². The fraction of sp³-hybridized carbons (Fsp3) is 0.733. The summed E-state index contributed by atoms with van der Waals surface area (Å²) in [7, 11) is 0. The summed E-state index contributed by atoms with van der Waals surface area (Å²) in [6.07, 6.45) is 5.50. The van der Waals surface area contributed by atoms with Crippen molar-refractivity contribution in [3.05, 3.63) is 22.4 Å². The molecule has 0 amide bonds. The van der Waals surface area contributed by atoms with Gasteiger partial charge in [0.25, 0.3) is 0 Å². The fourth-order valence-electron chi connectivity index (χ4n) is 3.43. The molecule has 0 radical (unpaired) electrons. The highest BCUT2D eigenvalue weighted by molar-refractivity contribution is 7.09. The molecule has 0 bridgehead atoms. The Hall–Kier alpha value is -0.380. The van der Waals surface area contributed by atoms with Crippen LogP contribution in [0.2, 0.25) is 0 Å². The molecule has 100 valence electrons. The van der Waals surface area contributed by atoms with Crippen molar-refractivity contribution in [3.8, 4) is 0 Å². The maximum atomic E-state index is 2.72. The van der Waals surface area contributed by atoms with Gasteiger partial charge in [0.1, 0.15) is 0 Å². The van der Waals surface area contributed by atoms with Crippen LogP contribution in [0.3, 0.4) is 0 Å². The molecule has 1 aromatic heterocycles. The number of fused-ring (bicyclic) bond motifs is 1. The summed E-state index contributed by atoms with van der Waals surface area (Å²) in [6.45, 7) is 7.60. The van der Waals surface area contributed by atoms with Gasteiger partial charge in [-0.05, 0) is 44.2 Å². The summed E-state index contributed by atoms with van der Waals surface area (Å²) < 4.78 is 0. The van der Waals surface area contributed by atoms with E-state index in [1.165, 1.54) is 56.7 Å². The minimum atomic E-state index is 0.702. The highest BCUT2D eigenvalue weighted by Gasteiger charge is 2.30. The summed E-state index contributed by atoms with van der Waals surface area (Å²) >= 11 is 1.90. The van der Waals surface area contributed by atoms with Crippen molar-refractivity contribution >= 4 is 11.3 Å². The van der Waals surface area contributed by atoms with Gasteiger partial charge in [-0.1, -0.05) is 12.5 Å². The highest BCUT2D eigenvalue weighted by atomic mass is 32.1. The fourth-order valence-corrected chi connectivity index (χ4v) is 4.26. The van der Waals surface area contributed by atoms with Gasteiger partial charge in [0.15, 0.2) is 0 Å². The van der Waals surface area contributed by atoms with Crippen LogP contribution in [0, 0.1) is 0 Å². The van der Waals surface area contributed by atoms with E-state index in [2.05, 4.69) is 34.2 Å². The van der Waals surface area contributed by atoms with Gasteiger partial charge in [-0.2, -0.15) is 0 Å². The second-order valence-electron chi connectivity index (χ2n) is 5.81. The molecule has 2 nitrogen and oxygen atoms in total. The molecule has 2 saturated heterocycles. The molecule has 18 heavy (non-hydrogen) atoms. The van der Waals surface area contributed by atoms with Crippen LogP contribution in [-0.4, -0.2) is 48.1 Å². The molecular weight excluding hydrogens is 240 g/mol. The van der Waals surface area contributed by atoms with E-state index in [1.54, 1.807) is 0 Å². The highest BCUT2D eigenvalue weighted by Crippen LogP contribution is 2.23. The van der Waals surface area contributed by atoms with E-state index >= 15 is 0 Å². The third kappa shape index (κ3) is 2.79. The Morgan fingerprint density at radius 2 is 2.28 bits per heavy atom. The summed E-state index contributed by atoms with van der Waals surface area (Å²) in [5, 5.41) is 2.20. The summed E-state index contributed by atoms with van der Waals surface area (Å²) in [6, 6.07) is 6.00. The normalized spacial score (nSPS) is 27.9. The lowest BCUT2D eigenvalue weighted by molar-refractivity contribution is 0.0313. The van der Waals surface area contributed by atoms with E-state index in [0.717, 1.165) is 6.04 Å². The number of nitrogens with zero attached hydrogens (tertiary/aromatic N) is 2. The number of hydrogen-bond acceptors (Lipinski definition) is 3. The van der Waals surface area contributed by atoms with Crippen LogP contribution in [0.5, 0.6) is 0 Å². The number of rotatable bonds is 3. The van der Waals surface area contributed by atoms with E-state index in [9.17, 15) is 0 Å². The van der Waals surface area contributed by atoms with Gasteiger partial charge in [-0.15, -0.1) is 11.3 Å². The summed E-state index contributed by atoms with van der Waals surface area (Å²) in [5.41, 5.74) is 0. The van der Waals surface area contributed by atoms with Crippen molar-refractivity contribution in [2.24, 2.45) is 0 Å². The van der Waals surface area contributed by atoms with Crippen LogP contribution in [-0.2, 0) is 6.42 Å². The molecule has 1 aromatic rings. The quantitative estimate of drug-likeness (QED) is 0.828. The maximum Gasteiger partial charge on any atom is 0.0223 e. The van der Waals surface area contributed by atoms with Gasteiger partial charge in [0.2, 0.25) is 0 Å². The van der Waals surface area contributed by atoms with E-state index < -0.39 is 0 Å². The van der Waals surface area contributed by atoms with Crippen molar-refractivity contribution in [1.82, 2.24) is 9.80 Å². The zero-order valence-electron chi connectivity index (χ0n) is 11.3. The van der Waals surface area contributed by atoms with Crippen molar-refractivity contribution in [2.75, 3.05) is 26.2 Å². The lowest BCUT2D eigenvalue weighted by atomic mass is 9.98. The third-order valence-electron chi connectivity index (χ3n) is 4.57. The second kappa shape index (κ2) is 5.72. The van der Waals surface area contributed by atoms with Crippen molar-refractivity contribution in [3.63, 3.8) is 0 Å². The Labute approximate surface area is 115 Å². The Bertz CT molecular complexity index is 363. The van der Waals surface area contributed by atoms with E-state index in [-0.39, 0.29) is 0 Å². The van der Waals surface area contributed by atoms with Crippen molar-refractivity contribution in [1.29, 1.82) is 0 Å². The maximum absolute atomic E-state index is 2.72. The van der Waals surface area contributed by atoms with Gasteiger partial charge in [-0.25, -0.2) is 0 Å². The largest absolute Gasteiger partial charge is 0.298 e. The molecule has 0 N–H and O–H groups in total. The monoisotopic (exact) mass is 264 g/mol. The smallest absolute Gasteiger partial charge is 0.0223 e. The molecule has 0 saturated carbocycles. The topological polar surface area (TPSA) is 6.48 Å². The molecule has 3 rings (SSSR count). The van der Waals surface area contributed by atoms with Crippen molar-refractivity contribution < 1.29 is 0 Å². The number of thiophene rings is 1. The zero-order chi connectivity index (χ0) is 12.4. The van der Waals surface area contributed by atoms with Gasteiger partial charge in [0.05, 0.1) is 0 Å². The first-order valence-electron chi connectivity index (χ1n) is 7.33. The SMILES string of the molecule is CC(Cc1cccs1)N1CCN2CCCCC2C1. The van der Waals surface area contributed by atoms with Crippen LogP contribution < -0.4 is 0 Å². The number of piperidine rings is 1. The van der Waals surface area contributed by atoms with Crippen LogP contribution in [0.15, 0.2) is 17.5 Å². The molecular formula is C15H24N2S. The third-order valence-corrected chi connectivity index (χ3v) is 5.47. The average molecular weight is 264 g/mol. The Morgan fingerprint density at radius 1 is 1.33 bits per heavy atom. The number of piperazine rings is 1. The number of hydrogen-bond donors (Lipinski definition) is 0. The molecule has 2 aliphatic heterocycles. The predicted molar refractivity (Wildman–Crippen MR) is 78.3 cm³/mol. The Balaban J connectivity index is 1.56. The van der Waals surface area contributed by atoms with Crippen LogP contribution in [0.1, 0.15) is 31.1 Å². The molecule has 3 heterocycles. The van der Waals surface area contributed by atoms with Crippen LogP contribution >= 0.6 is 11.3 Å². The van der Waals surface area contributed by atoms with Gasteiger partial charge in [-0.3, -0.25) is 9.80 Å². The molecule has 0 aliphatic carbocycles. The van der Waals surface area contributed by atoms with Gasteiger partial charge in [0, 0.05) is 36.6 Å². The van der Waals surface area contributed by atoms with E-state index in [1.807, 2.05) is 11.3 Å². The molecule has 2 fully saturated rings. The lowest BCUT2D eigenvalue weighted by Crippen LogP contribution is -2.57.